The molecule has 0 radical (unpaired) electrons. The first-order valence-corrected chi connectivity index (χ1v) is 11.5. The number of ketones is 1. The van der Waals surface area contributed by atoms with Gasteiger partial charge in [0, 0.05) is 6.08 Å². The third kappa shape index (κ3) is 7.12. The summed E-state index contributed by atoms with van der Waals surface area (Å²) >= 11 is 0. The van der Waals surface area contributed by atoms with Crippen molar-refractivity contribution >= 4 is 17.9 Å². The third-order valence-electron chi connectivity index (χ3n) is 5.66. The maximum atomic E-state index is 12.2. The number of rotatable bonds is 10. The molecule has 1 aliphatic rings. The highest BCUT2D eigenvalue weighted by Gasteiger charge is 2.44. The standard InChI is InChI=1S/C27H30O11/c1-35-21-11-15(5-9-19(21)31)3-7-17(29)13-18(30)8-4-16-6-10-20(22(12-16)36-2)37-27-26(34)25(33)24(32)23(14-28)38-27/h3-13,23-28,30-34H,14H2,1-2H3/b7-3+,8-4+,18-13-. The number of aromatic hydroxyl groups is 1. The summed E-state index contributed by atoms with van der Waals surface area (Å²) in [6.45, 7) is -0.591. The molecule has 1 fully saturated rings. The Morgan fingerprint density at radius 3 is 2.18 bits per heavy atom. The quantitative estimate of drug-likeness (QED) is 0.148. The van der Waals surface area contributed by atoms with Crippen LogP contribution in [0.4, 0.5) is 0 Å². The molecule has 0 bridgehead atoms. The molecule has 5 atom stereocenters. The van der Waals surface area contributed by atoms with Crippen LogP contribution in [-0.4, -0.2) is 88.0 Å². The van der Waals surface area contributed by atoms with Crippen molar-refractivity contribution in [1.29, 1.82) is 0 Å². The van der Waals surface area contributed by atoms with Gasteiger partial charge in [-0.2, -0.15) is 0 Å². The van der Waals surface area contributed by atoms with Gasteiger partial charge in [-0.05, 0) is 47.5 Å². The molecule has 5 unspecified atom stereocenters. The maximum Gasteiger partial charge on any atom is 0.229 e. The summed E-state index contributed by atoms with van der Waals surface area (Å²) in [4.78, 5) is 12.2. The Morgan fingerprint density at radius 2 is 1.53 bits per heavy atom. The van der Waals surface area contributed by atoms with E-state index in [1.807, 2.05) is 0 Å². The monoisotopic (exact) mass is 530 g/mol. The Morgan fingerprint density at radius 1 is 0.895 bits per heavy atom. The summed E-state index contributed by atoms with van der Waals surface area (Å²) in [5.74, 6) is -0.149. The van der Waals surface area contributed by atoms with Crippen LogP contribution in [0.25, 0.3) is 12.2 Å². The van der Waals surface area contributed by atoms with E-state index >= 15 is 0 Å². The number of carbonyl (C=O) groups is 1. The first-order valence-electron chi connectivity index (χ1n) is 11.5. The molecule has 6 N–H and O–H groups in total. The number of allylic oxidation sites excluding steroid dienone is 3. The number of benzene rings is 2. The van der Waals surface area contributed by atoms with E-state index in [0.717, 1.165) is 6.08 Å². The summed E-state index contributed by atoms with van der Waals surface area (Å²) in [7, 11) is 2.80. The normalized spacial score (nSPS) is 24.1. The molecular weight excluding hydrogens is 500 g/mol. The number of aliphatic hydroxyl groups is 5. The molecule has 1 saturated heterocycles. The minimum atomic E-state index is -1.59. The Labute approximate surface area is 218 Å². The lowest BCUT2D eigenvalue weighted by Crippen LogP contribution is -2.60. The molecule has 2 aromatic carbocycles. The fourth-order valence-corrected chi connectivity index (χ4v) is 3.57. The highest BCUT2D eigenvalue weighted by molar-refractivity contribution is 6.02. The molecule has 204 valence electrons. The molecule has 38 heavy (non-hydrogen) atoms. The van der Waals surface area contributed by atoms with Crippen LogP contribution in [0.1, 0.15) is 11.1 Å². The van der Waals surface area contributed by atoms with Gasteiger partial charge in [-0.25, -0.2) is 0 Å². The molecular formula is C27H30O11. The minimum Gasteiger partial charge on any atom is -0.508 e. The number of hydrogen-bond donors (Lipinski definition) is 6. The van der Waals surface area contributed by atoms with Crippen LogP contribution >= 0.6 is 0 Å². The van der Waals surface area contributed by atoms with Crippen LogP contribution in [0.15, 0.2) is 60.4 Å². The van der Waals surface area contributed by atoms with Crippen molar-refractivity contribution in [1.82, 2.24) is 0 Å². The number of hydrogen-bond acceptors (Lipinski definition) is 11. The van der Waals surface area contributed by atoms with Crippen molar-refractivity contribution in [2.75, 3.05) is 20.8 Å². The van der Waals surface area contributed by atoms with E-state index in [9.17, 15) is 35.4 Å². The molecule has 3 rings (SSSR count). The Balaban J connectivity index is 1.66. The third-order valence-corrected chi connectivity index (χ3v) is 5.66. The van der Waals surface area contributed by atoms with Gasteiger partial charge in [0.15, 0.2) is 28.8 Å². The van der Waals surface area contributed by atoms with Crippen LogP contribution in [0.3, 0.4) is 0 Å². The second kappa shape index (κ2) is 13.1. The van der Waals surface area contributed by atoms with Crippen LogP contribution in [0.5, 0.6) is 23.0 Å². The van der Waals surface area contributed by atoms with Crippen LogP contribution in [0, 0.1) is 0 Å². The van der Waals surface area contributed by atoms with E-state index in [-0.39, 0.29) is 28.8 Å². The number of phenols is 1. The molecule has 0 spiro atoms. The van der Waals surface area contributed by atoms with Gasteiger partial charge in [0.05, 0.1) is 20.8 Å². The van der Waals surface area contributed by atoms with E-state index < -0.39 is 43.1 Å². The number of aliphatic hydroxyl groups excluding tert-OH is 5. The second-order valence-electron chi connectivity index (χ2n) is 8.29. The first kappa shape index (κ1) is 28.7. The zero-order valence-electron chi connectivity index (χ0n) is 20.7. The van der Waals surface area contributed by atoms with Crippen LogP contribution in [0.2, 0.25) is 0 Å². The summed E-state index contributed by atoms with van der Waals surface area (Å²) < 4.78 is 21.3. The van der Waals surface area contributed by atoms with Crippen molar-refractivity contribution in [2.45, 2.75) is 30.7 Å². The Hall–Kier alpha value is -3.87. The van der Waals surface area contributed by atoms with Crippen molar-refractivity contribution in [3.05, 3.63) is 71.5 Å². The average molecular weight is 531 g/mol. The van der Waals surface area contributed by atoms with Gasteiger partial charge in [-0.1, -0.05) is 24.3 Å². The average Bonchev–Trinajstić information content (AvgIpc) is 2.92. The summed E-state index contributed by atoms with van der Waals surface area (Å²) in [6.07, 6.45) is -0.562. The Bertz CT molecular complexity index is 1200. The number of methoxy groups -OCH3 is 2. The number of ether oxygens (including phenoxy) is 4. The fraction of sp³-hybridized carbons (Fsp3) is 0.296. The van der Waals surface area contributed by atoms with Gasteiger partial charge in [-0.3, -0.25) is 4.79 Å². The van der Waals surface area contributed by atoms with E-state index in [1.54, 1.807) is 24.3 Å². The van der Waals surface area contributed by atoms with Gasteiger partial charge < -0.3 is 49.6 Å². The Kier molecular flexibility index (Phi) is 9.88. The van der Waals surface area contributed by atoms with Gasteiger partial charge in [0.2, 0.25) is 6.29 Å². The predicted octanol–water partition coefficient (Wildman–Crippen LogP) is 1.33. The lowest BCUT2D eigenvalue weighted by molar-refractivity contribution is -0.277. The molecule has 0 aromatic heterocycles. The van der Waals surface area contributed by atoms with E-state index in [1.165, 1.54) is 50.7 Å². The second-order valence-corrected chi connectivity index (χ2v) is 8.29. The molecule has 0 aliphatic carbocycles. The van der Waals surface area contributed by atoms with E-state index in [0.29, 0.717) is 11.1 Å². The molecule has 2 aromatic rings. The van der Waals surface area contributed by atoms with Crippen molar-refractivity contribution < 1.29 is 54.4 Å². The van der Waals surface area contributed by atoms with Gasteiger partial charge in [0.25, 0.3) is 0 Å². The van der Waals surface area contributed by atoms with E-state index in [4.69, 9.17) is 18.9 Å². The molecule has 1 aliphatic heterocycles. The van der Waals surface area contributed by atoms with Gasteiger partial charge >= 0.3 is 0 Å². The zero-order chi connectivity index (χ0) is 27.8. The van der Waals surface area contributed by atoms with Crippen molar-refractivity contribution in [3.63, 3.8) is 0 Å². The minimum absolute atomic E-state index is 0.0243. The lowest BCUT2D eigenvalue weighted by Gasteiger charge is -2.39. The largest absolute Gasteiger partial charge is 0.508 e. The maximum absolute atomic E-state index is 12.2. The summed E-state index contributed by atoms with van der Waals surface area (Å²) in [6, 6.07) is 9.26. The highest BCUT2D eigenvalue weighted by Crippen LogP contribution is 2.32. The van der Waals surface area contributed by atoms with Crippen molar-refractivity contribution in [3.8, 4) is 23.0 Å². The first-order chi connectivity index (χ1) is 18.2. The van der Waals surface area contributed by atoms with E-state index in [2.05, 4.69) is 0 Å². The smallest absolute Gasteiger partial charge is 0.229 e. The number of carbonyl (C=O) groups excluding carboxylic acids is 1. The van der Waals surface area contributed by atoms with Crippen molar-refractivity contribution in [2.24, 2.45) is 0 Å². The topological polar surface area (TPSA) is 175 Å². The van der Waals surface area contributed by atoms with Crippen LogP contribution < -0.4 is 14.2 Å². The van der Waals surface area contributed by atoms with Gasteiger partial charge in [0.1, 0.15) is 30.2 Å². The summed E-state index contributed by atoms with van der Waals surface area (Å²) in [5.41, 5.74) is 1.19. The fourth-order valence-electron chi connectivity index (χ4n) is 3.57. The lowest BCUT2D eigenvalue weighted by atomic mass is 9.99. The van der Waals surface area contributed by atoms with Crippen LogP contribution in [-0.2, 0) is 9.53 Å². The molecule has 11 heteroatoms. The van der Waals surface area contributed by atoms with Gasteiger partial charge in [-0.15, -0.1) is 0 Å². The SMILES string of the molecule is COc1cc(/C=C/C(=O)/C=C(O)/C=C/c2ccc(OC3OC(CO)C(O)C(O)C3O)c(OC)c2)ccc1O. The number of phenolic OH excluding ortho intramolecular Hbond substituents is 1. The summed E-state index contributed by atoms with van der Waals surface area (Å²) in [5, 5.41) is 59.1. The zero-order valence-corrected chi connectivity index (χ0v) is 20.7. The molecule has 0 saturated carbocycles. The predicted molar refractivity (Wildman–Crippen MR) is 136 cm³/mol. The molecule has 1 heterocycles. The molecule has 11 nitrogen and oxygen atoms in total. The highest BCUT2D eigenvalue weighted by atomic mass is 16.7. The molecule has 0 amide bonds.